The number of nitrogens with zero attached hydrogens (tertiary/aromatic N) is 2. The van der Waals surface area contributed by atoms with E-state index in [9.17, 15) is 14.9 Å². The highest BCUT2D eigenvalue weighted by Crippen LogP contribution is 2.30. The fourth-order valence-electron chi connectivity index (χ4n) is 1.10. The monoisotopic (exact) mass is 252 g/mol. The summed E-state index contributed by atoms with van der Waals surface area (Å²) in [4.78, 5) is 20.8. The predicted octanol–water partition coefficient (Wildman–Crippen LogP) is 2.03. The summed E-state index contributed by atoms with van der Waals surface area (Å²) >= 11 is 1.06. The molecule has 6 nitrogen and oxygen atoms in total. The second-order valence-corrected chi connectivity index (χ2v) is 4.18. The van der Waals surface area contributed by atoms with E-state index in [1.165, 1.54) is 18.2 Å². The lowest BCUT2D eigenvalue weighted by atomic mass is 10.2. The van der Waals surface area contributed by atoms with Gasteiger partial charge in [0.15, 0.2) is 0 Å². The number of carbonyl (C=O) groups is 1. The van der Waals surface area contributed by atoms with Crippen molar-refractivity contribution in [2.75, 3.05) is 5.75 Å². The van der Waals surface area contributed by atoms with Crippen molar-refractivity contribution in [2.24, 2.45) is 0 Å². The number of carboxylic acids is 1. The van der Waals surface area contributed by atoms with Crippen molar-refractivity contribution in [3.63, 3.8) is 0 Å². The summed E-state index contributed by atoms with van der Waals surface area (Å²) in [6.07, 6.45) is -0.0847. The summed E-state index contributed by atoms with van der Waals surface area (Å²) in [5.74, 6) is -0.734. The minimum atomic E-state index is -0.961. The van der Waals surface area contributed by atoms with E-state index in [4.69, 9.17) is 10.4 Å². The Morgan fingerprint density at radius 3 is 2.82 bits per heavy atom. The number of hydrogen-bond donors (Lipinski definition) is 1. The average Bonchev–Trinajstić information content (AvgIpc) is 2.28. The Bertz CT molecular complexity index is 496. The standard InChI is InChI=1S/C10H8N2O4S/c11-6-7-1-2-8(12(15)16)9(5-7)17-4-3-10(13)14/h1-2,5H,3-4H2,(H,13,14). The molecule has 88 valence electrons. The van der Waals surface area contributed by atoms with E-state index in [1.54, 1.807) is 0 Å². The molecule has 0 atom stereocenters. The molecule has 0 aliphatic heterocycles. The van der Waals surface area contributed by atoms with Gasteiger partial charge in [-0.3, -0.25) is 14.9 Å². The van der Waals surface area contributed by atoms with Crippen molar-refractivity contribution in [1.82, 2.24) is 0 Å². The number of nitriles is 1. The van der Waals surface area contributed by atoms with Gasteiger partial charge in [0.05, 0.1) is 27.9 Å². The third-order valence-electron chi connectivity index (χ3n) is 1.86. The summed E-state index contributed by atoms with van der Waals surface area (Å²) < 4.78 is 0. The van der Waals surface area contributed by atoms with Crippen molar-refractivity contribution < 1.29 is 14.8 Å². The predicted molar refractivity (Wildman–Crippen MR) is 60.8 cm³/mol. The van der Waals surface area contributed by atoms with Crippen LogP contribution in [0.3, 0.4) is 0 Å². The minimum Gasteiger partial charge on any atom is -0.481 e. The van der Waals surface area contributed by atoms with Gasteiger partial charge in [0.2, 0.25) is 0 Å². The van der Waals surface area contributed by atoms with E-state index in [-0.39, 0.29) is 17.9 Å². The van der Waals surface area contributed by atoms with Crippen LogP contribution in [0.4, 0.5) is 5.69 Å². The molecule has 0 aromatic heterocycles. The highest BCUT2D eigenvalue weighted by molar-refractivity contribution is 7.99. The largest absolute Gasteiger partial charge is 0.481 e. The van der Waals surface area contributed by atoms with Crippen LogP contribution in [0.1, 0.15) is 12.0 Å². The second kappa shape index (κ2) is 5.86. The molecule has 0 bridgehead atoms. The topological polar surface area (TPSA) is 104 Å². The van der Waals surface area contributed by atoms with E-state index in [1.807, 2.05) is 6.07 Å². The average molecular weight is 252 g/mol. The van der Waals surface area contributed by atoms with Gasteiger partial charge in [-0.2, -0.15) is 5.26 Å². The summed E-state index contributed by atoms with van der Waals surface area (Å²) in [5, 5.41) is 27.9. The summed E-state index contributed by atoms with van der Waals surface area (Å²) in [6, 6.07) is 5.89. The molecule has 17 heavy (non-hydrogen) atoms. The molecule has 0 spiro atoms. The Hall–Kier alpha value is -2.07. The van der Waals surface area contributed by atoms with Gasteiger partial charge in [-0.05, 0) is 12.1 Å². The Kier molecular flexibility index (Phi) is 4.48. The number of rotatable bonds is 5. The van der Waals surface area contributed by atoms with E-state index in [0.717, 1.165) is 11.8 Å². The van der Waals surface area contributed by atoms with Crippen LogP contribution in [0.15, 0.2) is 23.1 Å². The third-order valence-corrected chi connectivity index (χ3v) is 2.91. The lowest BCUT2D eigenvalue weighted by Crippen LogP contribution is -1.97. The van der Waals surface area contributed by atoms with Gasteiger partial charge in [-0.25, -0.2) is 0 Å². The summed E-state index contributed by atoms with van der Waals surface area (Å²) in [6.45, 7) is 0. The smallest absolute Gasteiger partial charge is 0.304 e. The van der Waals surface area contributed by atoms with Gasteiger partial charge in [-0.15, -0.1) is 11.8 Å². The lowest BCUT2D eigenvalue weighted by Gasteiger charge is -2.01. The molecule has 0 heterocycles. The maximum absolute atomic E-state index is 10.7. The van der Waals surface area contributed by atoms with E-state index in [0.29, 0.717) is 10.5 Å². The fourth-order valence-corrected chi connectivity index (χ4v) is 2.10. The second-order valence-electron chi connectivity index (χ2n) is 3.04. The van der Waals surface area contributed by atoms with Crippen molar-refractivity contribution in [3.8, 4) is 6.07 Å². The van der Waals surface area contributed by atoms with Crippen molar-refractivity contribution in [2.45, 2.75) is 11.3 Å². The zero-order chi connectivity index (χ0) is 12.8. The molecule has 0 aliphatic carbocycles. The number of nitro benzene ring substituents is 1. The van der Waals surface area contributed by atoms with Crippen LogP contribution in [0.25, 0.3) is 0 Å². The van der Waals surface area contributed by atoms with Crippen LogP contribution in [-0.4, -0.2) is 21.8 Å². The molecule has 1 aromatic rings. The number of hydrogen-bond acceptors (Lipinski definition) is 5. The SMILES string of the molecule is N#Cc1ccc([N+](=O)[O-])c(SCCC(=O)O)c1. The summed E-state index contributed by atoms with van der Waals surface area (Å²) in [7, 11) is 0. The van der Waals surface area contributed by atoms with Gasteiger partial charge in [0.1, 0.15) is 0 Å². The van der Waals surface area contributed by atoms with Gasteiger partial charge < -0.3 is 5.11 Å². The molecule has 0 amide bonds. The van der Waals surface area contributed by atoms with E-state index >= 15 is 0 Å². The Morgan fingerprint density at radius 2 is 2.29 bits per heavy atom. The first-order chi connectivity index (χ1) is 8.04. The molecule has 0 aliphatic rings. The molecule has 1 aromatic carbocycles. The van der Waals surface area contributed by atoms with Crippen molar-refractivity contribution in [3.05, 3.63) is 33.9 Å². The van der Waals surface area contributed by atoms with Gasteiger partial charge in [-0.1, -0.05) is 0 Å². The molecular weight excluding hydrogens is 244 g/mol. The number of thioether (sulfide) groups is 1. The van der Waals surface area contributed by atoms with Crippen molar-refractivity contribution in [1.29, 1.82) is 5.26 Å². The normalized spacial score (nSPS) is 9.59. The van der Waals surface area contributed by atoms with Crippen LogP contribution in [0, 0.1) is 21.4 Å². The minimum absolute atomic E-state index is 0.0847. The van der Waals surface area contributed by atoms with Crippen molar-refractivity contribution >= 4 is 23.4 Å². The molecule has 0 radical (unpaired) electrons. The van der Waals surface area contributed by atoms with Crippen LogP contribution >= 0.6 is 11.8 Å². The third kappa shape index (κ3) is 3.77. The highest BCUT2D eigenvalue weighted by atomic mass is 32.2. The first-order valence-corrected chi connectivity index (χ1v) is 5.56. The lowest BCUT2D eigenvalue weighted by molar-refractivity contribution is -0.387. The van der Waals surface area contributed by atoms with Crippen LogP contribution in [-0.2, 0) is 4.79 Å². The molecule has 7 heteroatoms. The molecule has 0 saturated carbocycles. The molecule has 1 rings (SSSR count). The van der Waals surface area contributed by atoms with Gasteiger partial charge in [0.25, 0.3) is 5.69 Å². The highest BCUT2D eigenvalue weighted by Gasteiger charge is 2.14. The van der Waals surface area contributed by atoms with E-state index < -0.39 is 10.9 Å². The Balaban J connectivity index is 2.90. The quantitative estimate of drug-likeness (QED) is 0.488. The first kappa shape index (κ1) is 13.0. The molecule has 1 N–H and O–H groups in total. The van der Waals surface area contributed by atoms with E-state index in [2.05, 4.69) is 0 Å². The first-order valence-electron chi connectivity index (χ1n) is 4.57. The maximum Gasteiger partial charge on any atom is 0.304 e. The number of benzene rings is 1. The fraction of sp³-hybridized carbons (Fsp3) is 0.200. The van der Waals surface area contributed by atoms with Crippen LogP contribution < -0.4 is 0 Å². The molecule has 0 unspecified atom stereocenters. The zero-order valence-corrected chi connectivity index (χ0v) is 9.44. The zero-order valence-electron chi connectivity index (χ0n) is 8.62. The maximum atomic E-state index is 10.7. The van der Waals surface area contributed by atoms with Gasteiger partial charge >= 0.3 is 5.97 Å². The Morgan fingerprint density at radius 1 is 1.59 bits per heavy atom. The molecular formula is C10H8N2O4S. The summed E-state index contributed by atoms with van der Waals surface area (Å²) in [5.41, 5.74) is 0.202. The molecule has 0 saturated heterocycles. The Labute approximate surface area is 101 Å². The number of aliphatic carboxylic acids is 1. The van der Waals surface area contributed by atoms with Gasteiger partial charge in [0, 0.05) is 11.8 Å². The van der Waals surface area contributed by atoms with Crippen LogP contribution in [0.2, 0.25) is 0 Å². The molecule has 0 fully saturated rings. The van der Waals surface area contributed by atoms with Crippen LogP contribution in [0.5, 0.6) is 0 Å². The number of nitro groups is 1. The number of carboxylic acid groups (broad SMARTS) is 1.